The molecule has 0 unspecified atom stereocenters. The zero-order valence-corrected chi connectivity index (χ0v) is 14.9. The molecule has 8 nitrogen and oxygen atoms in total. The van der Waals surface area contributed by atoms with E-state index < -0.39 is 24.0 Å². The number of aromatic nitrogens is 1. The van der Waals surface area contributed by atoms with Gasteiger partial charge in [-0.05, 0) is 25.3 Å². The van der Waals surface area contributed by atoms with Crippen LogP contribution in [0.5, 0.6) is 0 Å². The SMILES string of the molecule is CC(=O)N[C@H](CC(=O)O[C@@H](C)C(=O)Nc1cc(C)on1)c1cccs1. The minimum Gasteiger partial charge on any atom is -0.452 e. The van der Waals surface area contributed by atoms with Crippen LogP contribution < -0.4 is 10.6 Å². The minimum atomic E-state index is -1.01. The average molecular weight is 365 g/mol. The minimum absolute atomic E-state index is 0.0687. The van der Waals surface area contributed by atoms with Gasteiger partial charge >= 0.3 is 5.97 Å². The summed E-state index contributed by atoms with van der Waals surface area (Å²) in [6, 6.07) is 4.71. The number of hydrogen-bond acceptors (Lipinski definition) is 7. The van der Waals surface area contributed by atoms with Crippen molar-refractivity contribution in [1.82, 2.24) is 10.5 Å². The highest BCUT2D eigenvalue weighted by Gasteiger charge is 2.23. The molecule has 0 aliphatic heterocycles. The van der Waals surface area contributed by atoms with Crippen molar-refractivity contribution in [3.05, 3.63) is 34.2 Å². The number of thiophene rings is 1. The van der Waals surface area contributed by atoms with Gasteiger partial charge in [0.05, 0.1) is 12.5 Å². The molecule has 0 saturated heterocycles. The Bertz CT molecular complexity index is 741. The highest BCUT2D eigenvalue weighted by atomic mass is 32.1. The van der Waals surface area contributed by atoms with Crippen LogP contribution in [0, 0.1) is 6.92 Å². The predicted octanol–water partition coefficient (Wildman–Crippen LogP) is 2.18. The maximum atomic E-state index is 12.1. The van der Waals surface area contributed by atoms with E-state index in [2.05, 4.69) is 15.8 Å². The van der Waals surface area contributed by atoms with Crippen LogP contribution in [0.25, 0.3) is 0 Å². The van der Waals surface area contributed by atoms with Gasteiger partial charge in [0.25, 0.3) is 5.91 Å². The van der Waals surface area contributed by atoms with Crippen molar-refractivity contribution in [3.8, 4) is 0 Å². The van der Waals surface area contributed by atoms with Gasteiger partial charge in [-0.2, -0.15) is 0 Å². The number of amides is 2. The number of carbonyl (C=O) groups is 3. The number of nitrogens with one attached hydrogen (secondary N) is 2. The van der Waals surface area contributed by atoms with Crippen molar-refractivity contribution < 1.29 is 23.6 Å². The summed E-state index contributed by atoms with van der Waals surface area (Å²) in [4.78, 5) is 36.3. The lowest BCUT2D eigenvalue weighted by Gasteiger charge is -2.17. The Morgan fingerprint density at radius 2 is 2.16 bits per heavy atom. The average Bonchev–Trinajstić information content (AvgIpc) is 3.17. The van der Waals surface area contributed by atoms with Crippen LogP contribution in [0.4, 0.5) is 5.82 Å². The third kappa shape index (κ3) is 5.71. The molecule has 9 heteroatoms. The Balaban J connectivity index is 1.90. The summed E-state index contributed by atoms with van der Waals surface area (Å²) >= 11 is 1.42. The van der Waals surface area contributed by atoms with E-state index in [-0.39, 0.29) is 18.1 Å². The molecule has 134 valence electrons. The summed E-state index contributed by atoms with van der Waals surface area (Å²) < 4.78 is 9.99. The summed E-state index contributed by atoms with van der Waals surface area (Å²) in [5.74, 6) is -0.562. The lowest BCUT2D eigenvalue weighted by Crippen LogP contribution is -2.32. The Morgan fingerprint density at radius 1 is 1.40 bits per heavy atom. The smallest absolute Gasteiger partial charge is 0.309 e. The lowest BCUT2D eigenvalue weighted by molar-refractivity contribution is -0.153. The first-order valence-corrected chi connectivity index (χ1v) is 8.47. The van der Waals surface area contributed by atoms with Crippen LogP contribution in [-0.2, 0) is 19.1 Å². The number of anilines is 1. The number of aryl methyl sites for hydroxylation is 1. The summed E-state index contributed by atoms with van der Waals surface area (Å²) in [6.45, 7) is 4.53. The van der Waals surface area contributed by atoms with E-state index in [1.165, 1.54) is 25.2 Å². The highest BCUT2D eigenvalue weighted by molar-refractivity contribution is 7.10. The molecule has 2 rings (SSSR count). The van der Waals surface area contributed by atoms with Crippen molar-refractivity contribution in [2.24, 2.45) is 0 Å². The van der Waals surface area contributed by atoms with Crippen LogP contribution in [0.15, 0.2) is 28.1 Å². The molecule has 0 aliphatic rings. The van der Waals surface area contributed by atoms with E-state index in [0.717, 1.165) is 4.88 Å². The number of nitrogens with zero attached hydrogens (tertiary/aromatic N) is 1. The summed E-state index contributed by atoms with van der Waals surface area (Å²) in [7, 11) is 0. The van der Waals surface area contributed by atoms with Crippen LogP contribution in [0.2, 0.25) is 0 Å². The molecular formula is C16H19N3O5S. The molecule has 0 radical (unpaired) electrons. The quantitative estimate of drug-likeness (QED) is 0.728. The Labute approximate surface area is 148 Å². The predicted molar refractivity (Wildman–Crippen MR) is 90.9 cm³/mol. The maximum Gasteiger partial charge on any atom is 0.309 e. The molecule has 25 heavy (non-hydrogen) atoms. The molecule has 2 amide bonds. The molecular weight excluding hydrogens is 346 g/mol. The normalized spacial score (nSPS) is 12.9. The largest absolute Gasteiger partial charge is 0.452 e. The van der Waals surface area contributed by atoms with Gasteiger partial charge in [-0.3, -0.25) is 14.4 Å². The second-order valence-electron chi connectivity index (χ2n) is 5.42. The van der Waals surface area contributed by atoms with Crippen LogP contribution >= 0.6 is 11.3 Å². The zero-order chi connectivity index (χ0) is 18.4. The zero-order valence-electron chi connectivity index (χ0n) is 14.1. The van der Waals surface area contributed by atoms with Crippen molar-refractivity contribution >= 4 is 34.9 Å². The van der Waals surface area contributed by atoms with Gasteiger partial charge in [0.1, 0.15) is 5.76 Å². The monoisotopic (exact) mass is 365 g/mol. The van der Waals surface area contributed by atoms with Crippen LogP contribution in [-0.4, -0.2) is 29.0 Å². The number of ether oxygens (including phenoxy) is 1. The third-order valence-electron chi connectivity index (χ3n) is 3.19. The molecule has 0 fully saturated rings. The molecule has 0 aromatic carbocycles. The molecule has 0 aliphatic carbocycles. The fourth-order valence-electron chi connectivity index (χ4n) is 2.08. The van der Waals surface area contributed by atoms with Gasteiger partial charge in [0.15, 0.2) is 11.9 Å². The van der Waals surface area contributed by atoms with Gasteiger partial charge in [-0.25, -0.2) is 0 Å². The first-order chi connectivity index (χ1) is 11.8. The number of hydrogen-bond donors (Lipinski definition) is 2. The maximum absolute atomic E-state index is 12.1. The molecule has 0 bridgehead atoms. The fourth-order valence-corrected chi connectivity index (χ4v) is 2.85. The molecule has 2 aromatic heterocycles. The van der Waals surface area contributed by atoms with E-state index in [9.17, 15) is 14.4 Å². The van der Waals surface area contributed by atoms with Crippen molar-refractivity contribution in [1.29, 1.82) is 0 Å². The first kappa shape index (κ1) is 18.7. The number of carbonyl (C=O) groups excluding carboxylic acids is 3. The Morgan fingerprint density at radius 3 is 2.72 bits per heavy atom. The van der Waals surface area contributed by atoms with Crippen molar-refractivity contribution in [2.75, 3.05) is 5.32 Å². The Hall–Kier alpha value is -2.68. The number of rotatable bonds is 7. The molecule has 2 N–H and O–H groups in total. The molecule has 2 atom stereocenters. The van der Waals surface area contributed by atoms with Crippen molar-refractivity contribution in [2.45, 2.75) is 39.3 Å². The van der Waals surface area contributed by atoms with Gasteiger partial charge in [-0.1, -0.05) is 11.2 Å². The van der Waals surface area contributed by atoms with E-state index in [1.807, 2.05) is 17.5 Å². The Kier molecular flexibility index (Phi) is 6.29. The van der Waals surface area contributed by atoms with Gasteiger partial charge in [0.2, 0.25) is 5.91 Å². The first-order valence-electron chi connectivity index (χ1n) is 7.59. The van der Waals surface area contributed by atoms with Crippen LogP contribution in [0.3, 0.4) is 0 Å². The third-order valence-corrected chi connectivity index (χ3v) is 4.18. The topological polar surface area (TPSA) is 111 Å². The molecule has 0 saturated carbocycles. The fraction of sp³-hybridized carbons (Fsp3) is 0.375. The van der Waals surface area contributed by atoms with E-state index in [4.69, 9.17) is 9.26 Å². The summed E-state index contributed by atoms with van der Waals surface area (Å²) in [5.41, 5.74) is 0. The standard InChI is InChI=1S/C16H19N3O5S/c1-9-7-14(19-24-9)18-16(22)10(2)23-15(21)8-12(17-11(3)20)13-5-4-6-25-13/h4-7,10,12H,8H2,1-3H3,(H,17,20)(H,18,19,22)/t10-,12+/m0/s1. The van der Waals surface area contributed by atoms with Gasteiger partial charge in [0, 0.05) is 17.9 Å². The van der Waals surface area contributed by atoms with E-state index >= 15 is 0 Å². The molecule has 2 heterocycles. The number of esters is 1. The van der Waals surface area contributed by atoms with Crippen molar-refractivity contribution in [3.63, 3.8) is 0 Å². The summed E-state index contributed by atoms with van der Waals surface area (Å²) in [5, 5.41) is 10.7. The van der Waals surface area contributed by atoms with Crippen LogP contribution in [0.1, 0.15) is 36.9 Å². The van der Waals surface area contributed by atoms with E-state index in [1.54, 1.807) is 13.0 Å². The van der Waals surface area contributed by atoms with Gasteiger partial charge < -0.3 is 19.9 Å². The van der Waals surface area contributed by atoms with E-state index in [0.29, 0.717) is 5.76 Å². The summed E-state index contributed by atoms with van der Waals surface area (Å²) in [6.07, 6.45) is -1.08. The second kappa shape index (κ2) is 8.43. The van der Waals surface area contributed by atoms with Gasteiger partial charge in [-0.15, -0.1) is 11.3 Å². The molecule has 0 spiro atoms. The molecule has 2 aromatic rings. The second-order valence-corrected chi connectivity index (χ2v) is 6.40. The highest BCUT2D eigenvalue weighted by Crippen LogP contribution is 2.22. The lowest BCUT2D eigenvalue weighted by atomic mass is 10.1.